The first-order valence-electron chi connectivity index (χ1n) is 5.65. The summed E-state index contributed by atoms with van der Waals surface area (Å²) < 4.78 is 5.33. The Balaban J connectivity index is 2.20. The molecule has 0 spiro atoms. The zero-order valence-electron chi connectivity index (χ0n) is 9.30. The van der Waals surface area contributed by atoms with Gasteiger partial charge in [-0.2, -0.15) is 0 Å². The van der Waals surface area contributed by atoms with Crippen molar-refractivity contribution in [3.05, 3.63) is 30.1 Å². The van der Waals surface area contributed by atoms with Gasteiger partial charge >= 0.3 is 0 Å². The number of aromatic nitrogens is 1. The molecule has 2 heterocycles. The molecule has 88 valence electrons. The molecular formula is C12H18N2O2. The fraction of sp³-hybridized carbons (Fsp3) is 0.583. The van der Waals surface area contributed by atoms with Gasteiger partial charge in [0.05, 0.1) is 5.69 Å². The van der Waals surface area contributed by atoms with Gasteiger partial charge in [0.15, 0.2) is 0 Å². The second-order valence-corrected chi connectivity index (χ2v) is 4.34. The molecule has 0 saturated carbocycles. The van der Waals surface area contributed by atoms with Crippen molar-refractivity contribution in [1.29, 1.82) is 0 Å². The zero-order chi connectivity index (χ0) is 11.4. The van der Waals surface area contributed by atoms with E-state index < -0.39 is 6.10 Å². The summed E-state index contributed by atoms with van der Waals surface area (Å²) in [5, 5.41) is 10.4. The van der Waals surface area contributed by atoms with Crippen molar-refractivity contribution < 1.29 is 9.84 Å². The molecular weight excluding hydrogens is 204 g/mol. The molecule has 1 unspecified atom stereocenters. The van der Waals surface area contributed by atoms with Gasteiger partial charge in [-0.25, -0.2) is 0 Å². The van der Waals surface area contributed by atoms with Gasteiger partial charge in [-0.15, -0.1) is 0 Å². The predicted molar refractivity (Wildman–Crippen MR) is 60.7 cm³/mol. The van der Waals surface area contributed by atoms with Gasteiger partial charge in [0, 0.05) is 31.4 Å². The van der Waals surface area contributed by atoms with Crippen molar-refractivity contribution in [3.63, 3.8) is 0 Å². The SMILES string of the molecule is NCC1(C(O)c2ccccn2)CCOCC1. The zero-order valence-corrected chi connectivity index (χ0v) is 9.30. The largest absolute Gasteiger partial charge is 0.386 e. The minimum atomic E-state index is -0.595. The number of hydrogen-bond acceptors (Lipinski definition) is 4. The summed E-state index contributed by atoms with van der Waals surface area (Å²) in [7, 11) is 0. The highest BCUT2D eigenvalue weighted by Crippen LogP contribution is 2.40. The molecule has 0 aliphatic carbocycles. The van der Waals surface area contributed by atoms with Gasteiger partial charge in [-0.05, 0) is 25.0 Å². The quantitative estimate of drug-likeness (QED) is 0.796. The molecule has 0 amide bonds. The molecule has 4 heteroatoms. The lowest BCUT2D eigenvalue weighted by Gasteiger charge is -2.39. The highest BCUT2D eigenvalue weighted by atomic mass is 16.5. The average molecular weight is 222 g/mol. The van der Waals surface area contributed by atoms with Gasteiger partial charge in [0.25, 0.3) is 0 Å². The van der Waals surface area contributed by atoms with E-state index in [0.29, 0.717) is 25.5 Å². The maximum Gasteiger partial charge on any atom is 0.103 e. The van der Waals surface area contributed by atoms with Crippen LogP contribution >= 0.6 is 0 Å². The number of pyridine rings is 1. The average Bonchev–Trinajstić information content (AvgIpc) is 2.39. The molecule has 1 aromatic rings. The minimum Gasteiger partial charge on any atom is -0.386 e. The Hall–Kier alpha value is -0.970. The van der Waals surface area contributed by atoms with Crippen molar-refractivity contribution in [2.24, 2.45) is 11.1 Å². The van der Waals surface area contributed by atoms with Crippen LogP contribution in [-0.4, -0.2) is 29.8 Å². The summed E-state index contributed by atoms with van der Waals surface area (Å²) in [6, 6.07) is 5.57. The summed E-state index contributed by atoms with van der Waals surface area (Å²) >= 11 is 0. The fourth-order valence-electron chi connectivity index (χ4n) is 2.22. The smallest absolute Gasteiger partial charge is 0.103 e. The predicted octanol–water partition coefficient (Wildman–Crippen LogP) is 0.871. The number of rotatable bonds is 3. The Kier molecular flexibility index (Phi) is 3.53. The van der Waals surface area contributed by atoms with E-state index in [2.05, 4.69) is 4.98 Å². The molecule has 1 fully saturated rings. The van der Waals surface area contributed by atoms with Crippen LogP contribution in [0.15, 0.2) is 24.4 Å². The van der Waals surface area contributed by atoms with Gasteiger partial charge in [0.2, 0.25) is 0 Å². The van der Waals surface area contributed by atoms with Gasteiger partial charge in [-0.3, -0.25) is 4.98 Å². The molecule has 1 saturated heterocycles. The van der Waals surface area contributed by atoms with Crippen molar-refractivity contribution >= 4 is 0 Å². The van der Waals surface area contributed by atoms with Crippen LogP contribution in [0.4, 0.5) is 0 Å². The number of hydrogen-bond donors (Lipinski definition) is 2. The Bertz CT molecular complexity index is 323. The Morgan fingerprint density at radius 1 is 1.44 bits per heavy atom. The molecule has 3 N–H and O–H groups in total. The van der Waals surface area contributed by atoms with E-state index in [1.165, 1.54) is 0 Å². The first-order valence-corrected chi connectivity index (χ1v) is 5.65. The van der Waals surface area contributed by atoms with Crippen LogP contribution in [0.3, 0.4) is 0 Å². The third-order valence-electron chi connectivity index (χ3n) is 3.44. The third kappa shape index (κ3) is 2.09. The van der Waals surface area contributed by atoms with E-state index in [-0.39, 0.29) is 5.41 Å². The van der Waals surface area contributed by atoms with E-state index in [1.807, 2.05) is 18.2 Å². The molecule has 0 aromatic carbocycles. The van der Waals surface area contributed by atoms with Gasteiger partial charge in [0.1, 0.15) is 6.10 Å². The third-order valence-corrected chi connectivity index (χ3v) is 3.44. The van der Waals surface area contributed by atoms with Crippen LogP contribution in [0.1, 0.15) is 24.6 Å². The van der Waals surface area contributed by atoms with Crippen LogP contribution in [0, 0.1) is 5.41 Å². The van der Waals surface area contributed by atoms with Crippen LogP contribution < -0.4 is 5.73 Å². The fourth-order valence-corrected chi connectivity index (χ4v) is 2.22. The second kappa shape index (κ2) is 4.91. The summed E-state index contributed by atoms with van der Waals surface area (Å²) in [6.45, 7) is 1.80. The van der Waals surface area contributed by atoms with E-state index in [0.717, 1.165) is 12.8 Å². The summed E-state index contributed by atoms with van der Waals surface area (Å²) in [4.78, 5) is 4.20. The molecule has 4 nitrogen and oxygen atoms in total. The minimum absolute atomic E-state index is 0.271. The molecule has 2 rings (SSSR count). The van der Waals surface area contributed by atoms with Crippen molar-refractivity contribution in [3.8, 4) is 0 Å². The lowest BCUT2D eigenvalue weighted by molar-refractivity contribution is -0.0597. The van der Waals surface area contributed by atoms with E-state index in [1.54, 1.807) is 6.20 Å². The molecule has 16 heavy (non-hydrogen) atoms. The van der Waals surface area contributed by atoms with Crippen molar-refractivity contribution in [2.75, 3.05) is 19.8 Å². The highest BCUT2D eigenvalue weighted by Gasteiger charge is 2.39. The Labute approximate surface area is 95.4 Å². The maximum absolute atomic E-state index is 10.4. The summed E-state index contributed by atoms with van der Waals surface area (Å²) in [6.07, 6.45) is 2.69. The number of ether oxygens (including phenoxy) is 1. The first kappa shape index (κ1) is 11.5. The van der Waals surface area contributed by atoms with Crippen LogP contribution in [0.2, 0.25) is 0 Å². The lowest BCUT2D eigenvalue weighted by Crippen LogP contribution is -2.41. The highest BCUT2D eigenvalue weighted by molar-refractivity contribution is 5.11. The van der Waals surface area contributed by atoms with Crippen LogP contribution in [0.5, 0.6) is 0 Å². The van der Waals surface area contributed by atoms with Crippen LogP contribution in [-0.2, 0) is 4.74 Å². The Morgan fingerprint density at radius 3 is 2.75 bits per heavy atom. The number of nitrogens with zero attached hydrogens (tertiary/aromatic N) is 1. The molecule has 0 radical (unpaired) electrons. The molecule has 1 atom stereocenters. The molecule has 1 aromatic heterocycles. The number of aliphatic hydroxyl groups excluding tert-OH is 1. The standard InChI is InChI=1S/C12H18N2O2/c13-9-12(4-7-16-8-5-12)11(15)10-3-1-2-6-14-10/h1-3,6,11,15H,4-5,7-9,13H2. The maximum atomic E-state index is 10.4. The van der Waals surface area contributed by atoms with Gasteiger partial charge in [-0.1, -0.05) is 6.07 Å². The summed E-state index contributed by atoms with van der Waals surface area (Å²) in [5.74, 6) is 0. The van der Waals surface area contributed by atoms with Crippen molar-refractivity contribution in [1.82, 2.24) is 4.98 Å². The normalized spacial score (nSPS) is 21.6. The van der Waals surface area contributed by atoms with E-state index in [9.17, 15) is 5.11 Å². The van der Waals surface area contributed by atoms with Crippen LogP contribution in [0.25, 0.3) is 0 Å². The topological polar surface area (TPSA) is 68.4 Å². The first-order chi connectivity index (χ1) is 7.78. The Morgan fingerprint density at radius 2 is 2.19 bits per heavy atom. The monoisotopic (exact) mass is 222 g/mol. The molecule has 0 bridgehead atoms. The van der Waals surface area contributed by atoms with E-state index in [4.69, 9.17) is 10.5 Å². The summed E-state index contributed by atoms with van der Waals surface area (Å²) in [5.41, 5.74) is 6.27. The lowest BCUT2D eigenvalue weighted by atomic mass is 9.74. The molecule has 1 aliphatic rings. The number of nitrogens with two attached hydrogens (primary N) is 1. The van der Waals surface area contributed by atoms with E-state index >= 15 is 0 Å². The molecule has 1 aliphatic heterocycles. The second-order valence-electron chi connectivity index (χ2n) is 4.34. The van der Waals surface area contributed by atoms with Crippen molar-refractivity contribution in [2.45, 2.75) is 18.9 Å². The number of aliphatic hydroxyl groups is 1. The van der Waals surface area contributed by atoms with Gasteiger partial charge < -0.3 is 15.6 Å².